The third-order valence-electron chi connectivity index (χ3n) is 4.26. The zero-order chi connectivity index (χ0) is 16.1. The first-order chi connectivity index (χ1) is 11.8. The smallest absolute Gasteiger partial charge is 0.267 e. The summed E-state index contributed by atoms with van der Waals surface area (Å²) < 4.78 is 2.41. The van der Waals surface area contributed by atoms with Crippen molar-refractivity contribution in [1.82, 2.24) is 9.38 Å². The molecule has 2 heterocycles. The van der Waals surface area contributed by atoms with Crippen molar-refractivity contribution in [3.05, 3.63) is 87.2 Å². The Kier molecular flexibility index (Phi) is 2.81. The topological polar surface area (TPSA) is 34.4 Å². The van der Waals surface area contributed by atoms with E-state index in [1.165, 1.54) is 16.7 Å². The summed E-state index contributed by atoms with van der Waals surface area (Å²) in [5.74, 6) is 0. The Bertz CT molecular complexity index is 1330. The van der Waals surface area contributed by atoms with Crippen LogP contribution in [0.15, 0.2) is 71.5 Å². The predicted octanol–water partition coefficient (Wildman–Crippen LogP) is 3.61. The summed E-state index contributed by atoms with van der Waals surface area (Å²) in [4.78, 5) is 18.2. The van der Waals surface area contributed by atoms with Gasteiger partial charge in [0.2, 0.25) is 0 Å². The van der Waals surface area contributed by atoms with Gasteiger partial charge in [0.05, 0.1) is 15.6 Å². The molecule has 0 bridgehead atoms. The van der Waals surface area contributed by atoms with E-state index >= 15 is 0 Å². The lowest BCUT2D eigenvalue weighted by molar-refractivity contribution is 1.19. The SMILES string of the molecule is O=c1c(=Cc2cccc3ccccc23)sc2nc3ccccc3n12. The second-order valence-electron chi connectivity index (χ2n) is 5.70. The fourth-order valence-corrected chi connectivity index (χ4v) is 4.11. The molecule has 24 heavy (non-hydrogen) atoms. The van der Waals surface area contributed by atoms with Gasteiger partial charge in [-0.2, -0.15) is 0 Å². The Hall–Kier alpha value is -2.98. The molecule has 114 valence electrons. The van der Waals surface area contributed by atoms with Crippen LogP contribution < -0.4 is 10.1 Å². The average Bonchev–Trinajstić information content (AvgIpc) is 3.12. The number of para-hydroxylation sites is 2. The highest BCUT2D eigenvalue weighted by Crippen LogP contribution is 2.20. The Morgan fingerprint density at radius 2 is 1.71 bits per heavy atom. The van der Waals surface area contributed by atoms with E-state index in [1.54, 1.807) is 4.40 Å². The first kappa shape index (κ1) is 13.5. The van der Waals surface area contributed by atoms with Gasteiger partial charge < -0.3 is 0 Å². The second-order valence-corrected chi connectivity index (χ2v) is 6.71. The van der Waals surface area contributed by atoms with E-state index in [4.69, 9.17) is 0 Å². The highest BCUT2D eigenvalue weighted by atomic mass is 32.1. The minimum Gasteiger partial charge on any atom is -0.267 e. The maximum Gasteiger partial charge on any atom is 0.274 e. The Balaban J connectivity index is 1.84. The van der Waals surface area contributed by atoms with Gasteiger partial charge in [-0.1, -0.05) is 65.9 Å². The molecule has 0 saturated carbocycles. The molecule has 0 fully saturated rings. The predicted molar refractivity (Wildman–Crippen MR) is 99.6 cm³/mol. The number of benzene rings is 3. The van der Waals surface area contributed by atoms with Crippen molar-refractivity contribution in [2.24, 2.45) is 0 Å². The summed E-state index contributed by atoms with van der Waals surface area (Å²) in [6.07, 6.45) is 1.97. The molecule has 5 rings (SSSR count). The van der Waals surface area contributed by atoms with E-state index in [9.17, 15) is 4.79 Å². The van der Waals surface area contributed by atoms with Gasteiger partial charge in [0.15, 0.2) is 4.96 Å². The molecule has 4 heteroatoms. The molecule has 2 aromatic heterocycles. The van der Waals surface area contributed by atoms with Crippen LogP contribution in [-0.2, 0) is 0 Å². The first-order valence-corrected chi connectivity index (χ1v) is 8.52. The van der Waals surface area contributed by atoms with Crippen molar-refractivity contribution in [3.8, 4) is 0 Å². The monoisotopic (exact) mass is 328 g/mol. The maximum atomic E-state index is 12.8. The minimum absolute atomic E-state index is 0.00312. The largest absolute Gasteiger partial charge is 0.274 e. The van der Waals surface area contributed by atoms with Crippen LogP contribution >= 0.6 is 11.3 Å². The number of fused-ring (bicyclic) bond motifs is 4. The number of thiazole rings is 1. The number of rotatable bonds is 1. The van der Waals surface area contributed by atoms with Crippen LogP contribution in [0.4, 0.5) is 0 Å². The Morgan fingerprint density at radius 1 is 0.917 bits per heavy atom. The molecule has 0 atom stereocenters. The maximum absolute atomic E-state index is 12.8. The zero-order valence-electron chi connectivity index (χ0n) is 12.6. The standard InChI is InChI=1S/C20H12N2OS/c23-19-18(12-14-8-5-7-13-6-1-2-9-15(13)14)24-20-21-16-10-3-4-11-17(16)22(19)20/h1-12H. The third kappa shape index (κ3) is 1.90. The zero-order valence-corrected chi connectivity index (χ0v) is 13.5. The lowest BCUT2D eigenvalue weighted by atomic mass is 10.0. The van der Waals surface area contributed by atoms with E-state index < -0.39 is 0 Å². The second kappa shape index (κ2) is 5.01. The van der Waals surface area contributed by atoms with Gasteiger partial charge in [-0.05, 0) is 34.5 Å². The fraction of sp³-hybridized carbons (Fsp3) is 0. The fourth-order valence-electron chi connectivity index (χ4n) is 3.13. The summed E-state index contributed by atoms with van der Waals surface area (Å²) in [7, 11) is 0. The van der Waals surface area contributed by atoms with E-state index in [0.717, 1.165) is 26.9 Å². The number of aromatic nitrogens is 2. The lowest BCUT2D eigenvalue weighted by Crippen LogP contribution is -2.22. The molecule has 3 nitrogen and oxygen atoms in total. The van der Waals surface area contributed by atoms with Gasteiger partial charge in [-0.15, -0.1) is 0 Å². The molecule has 0 radical (unpaired) electrons. The van der Waals surface area contributed by atoms with Crippen LogP contribution in [0.3, 0.4) is 0 Å². The third-order valence-corrected chi connectivity index (χ3v) is 5.22. The van der Waals surface area contributed by atoms with Gasteiger partial charge in [0.25, 0.3) is 5.56 Å². The van der Waals surface area contributed by atoms with E-state index in [2.05, 4.69) is 23.2 Å². The highest BCUT2D eigenvalue weighted by molar-refractivity contribution is 7.15. The molecule has 0 spiro atoms. The molecule has 0 amide bonds. The van der Waals surface area contributed by atoms with Crippen molar-refractivity contribution in [3.63, 3.8) is 0 Å². The molecule has 0 N–H and O–H groups in total. The van der Waals surface area contributed by atoms with Gasteiger partial charge in [0, 0.05) is 0 Å². The average molecular weight is 328 g/mol. The van der Waals surface area contributed by atoms with Crippen molar-refractivity contribution < 1.29 is 0 Å². The summed E-state index contributed by atoms with van der Waals surface area (Å²) in [5, 5.41) is 2.32. The molecular weight excluding hydrogens is 316 g/mol. The van der Waals surface area contributed by atoms with Crippen LogP contribution in [0, 0.1) is 0 Å². The summed E-state index contributed by atoms with van der Waals surface area (Å²) in [6.45, 7) is 0. The number of hydrogen-bond donors (Lipinski definition) is 0. The molecule has 3 aromatic carbocycles. The van der Waals surface area contributed by atoms with Crippen LogP contribution in [0.1, 0.15) is 5.56 Å². The van der Waals surface area contributed by atoms with E-state index in [1.807, 2.05) is 54.6 Å². The Morgan fingerprint density at radius 3 is 2.67 bits per heavy atom. The molecule has 0 aliphatic rings. The van der Waals surface area contributed by atoms with Gasteiger partial charge in [-0.25, -0.2) is 9.38 Å². The van der Waals surface area contributed by atoms with Crippen LogP contribution in [-0.4, -0.2) is 9.38 Å². The van der Waals surface area contributed by atoms with Gasteiger partial charge in [0.1, 0.15) is 0 Å². The van der Waals surface area contributed by atoms with E-state index in [-0.39, 0.29) is 5.56 Å². The van der Waals surface area contributed by atoms with Crippen LogP contribution in [0.5, 0.6) is 0 Å². The lowest BCUT2D eigenvalue weighted by Gasteiger charge is -2.00. The quantitative estimate of drug-likeness (QED) is 0.471. The summed E-state index contributed by atoms with van der Waals surface area (Å²) in [6, 6.07) is 22.1. The van der Waals surface area contributed by atoms with Crippen molar-refractivity contribution in [2.45, 2.75) is 0 Å². The first-order valence-electron chi connectivity index (χ1n) is 7.71. The molecule has 0 aliphatic heterocycles. The highest BCUT2D eigenvalue weighted by Gasteiger charge is 2.10. The molecular formula is C20H12N2OS. The normalized spacial score (nSPS) is 12.6. The van der Waals surface area contributed by atoms with Crippen molar-refractivity contribution in [1.29, 1.82) is 0 Å². The number of nitrogens with zero attached hydrogens (tertiary/aromatic N) is 2. The molecule has 0 saturated heterocycles. The molecule has 5 aromatic rings. The number of imidazole rings is 1. The van der Waals surface area contributed by atoms with Crippen LogP contribution in [0.2, 0.25) is 0 Å². The molecule has 0 unspecified atom stereocenters. The van der Waals surface area contributed by atoms with Crippen molar-refractivity contribution >= 4 is 44.2 Å². The molecule has 0 aliphatic carbocycles. The van der Waals surface area contributed by atoms with Gasteiger partial charge in [-0.3, -0.25) is 4.79 Å². The van der Waals surface area contributed by atoms with Crippen LogP contribution in [0.25, 0.3) is 32.8 Å². The van der Waals surface area contributed by atoms with Gasteiger partial charge >= 0.3 is 0 Å². The summed E-state index contributed by atoms with van der Waals surface area (Å²) in [5.41, 5.74) is 2.78. The Labute approximate surface area is 141 Å². The van der Waals surface area contributed by atoms with Crippen molar-refractivity contribution in [2.75, 3.05) is 0 Å². The van der Waals surface area contributed by atoms with E-state index in [0.29, 0.717) is 4.53 Å². The minimum atomic E-state index is -0.00312. The summed E-state index contributed by atoms with van der Waals surface area (Å²) >= 11 is 1.44. The number of hydrogen-bond acceptors (Lipinski definition) is 3.